The third kappa shape index (κ3) is 4.00. The highest BCUT2D eigenvalue weighted by molar-refractivity contribution is 6.18. The predicted molar refractivity (Wildman–Crippen MR) is 79.2 cm³/mol. The van der Waals surface area contributed by atoms with Crippen molar-refractivity contribution in [3.63, 3.8) is 0 Å². The van der Waals surface area contributed by atoms with Crippen molar-refractivity contribution in [3.8, 4) is 0 Å². The van der Waals surface area contributed by atoms with E-state index in [1.807, 2.05) is 0 Å². The van der Waals surface area contributed by atoms with Gasteiger partial charge in [-0.2, -0.15) is 0 Å². The Hall–Kier alpha value is -0.530. The van der Waals surface area contributed by atoms with Crippen molar-refractivity contribution in [2.75, 3.05) is 12.4 Å². The molecule has 0 radical (unpaired) electrons. The van der Waals surface area contributed by atoms with E-state index in [0.717, 1.165) is 25.0 Å². The van der Waals surface area contributed by atoms with Crippen molar-refractivity contribution in [2.45, 2.75) is 51.6 Å². The van der Waals surface area contributed by atoms with Gasteiger partial charge >= 0.3 is 0 Å². The second-order valence-electron chi connectivity index (χ2n) is 5.44. The zero-order valence-electron chi connectivity index (χ0n) is 11.4. The summed E-state index contributed by atoms with van der Waals surface area (Å²) in [6, 6.07) is 9.60. The van der Waals surface area contributed by atoms with Gasteiger partial charge in [0, 0.05) is 25.0 Å². The highest BCUT2D eigenvalue weighted by Gasteiger charge is 2.20. The van der Waals surface area contributed by atoms with E-state index < -0.39 is 0 Å². The molecule has 1 nitrogen and oxygen atoms in total. The summed E-state index contributed by atoms with van der Waals surface area (Å²) in [4.78, 5) is 2.58. The zero-order valence-corrected chi connectivity index (χ0v) is 12.1. The lowest BCUT2D eigenvalue weighted by atomic mass is 9.94. The lowest BCUT2D eigenvalue weighted by Gasteiger charge is -2.34. The molecule has 0 N–H and O–H groups in total. The smallest absolute Gasteiger partial charge is 0.0351 e. The molecule has 1 aromatic rings. The summed E-state index contributed by atoms with van der Waals surface area (Å²) in [5.41, 5.74) is 2.77. The van der Waals surface area contributed by atoms with Gasteiger partial charge in [0.15, 0.2) is 0 Å². The van der Waals surface area contributed by atoms with Crippen LogP contribution >= 0.6 is 11.6 Å². The molecular formula is C16H24ClN. The summed E-state index contributed by atoms with van der Waals surface area (Å²) in [7, 11) is 0. The summed E-state index contributed by atoms with van der Waals surface area (Å²) >= 11 is 5.97. The zero-order chi connectivity index (χ0) is 12.8. The van der Waals surface area contributed by atoms with E-state index >= 15 is 0 Å². The van der Waals surface area contributed by atoms with Gasteiger partial charge in [-0.25, -0.2) is 0 Å². The number of alkyl halides is 1. The van der Waals surface area contributed by atoms with Crippen LogP contribution in [0.1, 0.15) is 43.2 Å². The van der Waals surface area contributed by atoms with Gasteiger partial charge in [0.05, 0.1) is 0 Å². The second-order valence-corrected chi connectivity index (χ2v) is 5.82. The number of nitrogens with zero attached hydrogens (tertiary/aromatic N) is 1. The lowest BCUT2D eigenvalue weighted by Crippen LogP contribution is -2.37. The molecule has 1 aliphatic carbocycles. The monoisotopic (exact) mass is 265 g/mol. The fourth-order valence-corrected chi connectivity index (χ4v) is 3.21. The van der Waals surface area contributed by atoms with Crippen molar-refractivity contribution in [3.05, 3.63) is 35.4 Å². The van der Waals surface area contributed by atoms with E-state index in [0.29, 0.717) is 0 Å². The third-order valence-electron chi connectivity index (χ3n) is 3.93. The SMILES string of the molecule is Cc1cccc(CN(CCCl)C2CCCCC2)c1. The number of rotatable bonds is 5. The van der Waals surface area contributed by atoms with Crippen molar-refractivity contribution in [1.29, 1.82) is 0 Å². The minimum atomic E-state index is 0.738. The Bertz CT molecular complexity index is 358. The molecule has 0 aromatic heterocycles. The Morgan fingerprint density at radius 2 is 2.00 bits per heavy atom. The molecule has 1 saturated carbocycles. The van der Waals surface area contributed by atoms with Gasteiger partial charge in [-0.3, -0.25) is 4.90 Å². The minimum Gasteiger partial charge on any atom is -0.295 e. The second kappa shape index (κ2) is 7.16. The van der Waals surface area contributed by atoms with Crippen LogP contribution in [0.2, 0.25) is 0 Å². The first-order chi connectivity index (χ1) is 8.79. The fraction of sp³-hybridized carbons (Fsp3) is 0.625. The molecule has 0 aliphatic heterocycles. The summed E-state index contributed by atoms with van der Waals surface area (Å²) in [6.07, 6.45) is 6.88. The van der Waals surface area contributed by atoms with Crippen LogP contribution < -0.4 is 0 Å². The van der Waals surface area contributed by atoms with Crippen molar-refractivity contribution in [2.24, 2.45) is 0 Å². The molecule has 100 valence electrons. The Morgan fingerprint density at radius 3 is 2.67 bits per heavy atom. The summed E-state index contributed by atoms with van der Waals surface area (Å²) < 4.78 is 0. The molecule has 0 amide bonds. The minimum absolute atomic E-state index is 0.738. The quantitative estimate of drug-likeness (QED) is 0.715. The molecule has 0 atom stereocenters. The molecule has 0 saturated heterocycles. The summed E-state index contributed by atoms with van der Waals surface area (Å²) in [5.74, 6) is 0.738. The van der Waals surface area contributed by atoms with Crippen molar-refractivity contribution in [1.82, 2.24) is 4.90 Å². The van der Waals surface area contributed by atoms with E-state index in [-0.39, 0.29) is 0 Å². The maximum atomic E-state index is 5.97. The molecule has 0 spiro atoms. The molecule has 0 heterocycles. The molecule has 0 unspecified atom stereocenters. The van der Waals surface area contributed by atoms with Gasteiger partial charge in [-0.1, -0.05) is 49.1 Å². The van der Waals surface area contributed by atoms with E-state index in [1.165, 1.54) is 43.2 Å². The van der Waals surface area contributed by atoms with Crippen LogP contribution in [0.15, 0.2) is 24.3 Å². The maximum Gasteiger partial charge on any atom is 0.0351 e. The Balaban J connectivity index is 2.00. The molecule has 2 heteroatoms. The van der Waals surface area contributed by atoms with E-state index in [2.05, 4.69) is 36.1 Å². The van der Waals surface area contributed by atoms with Crippen molar-refractivity contribution < 1.29 is 0 Å². The van der Waals surface area contributed by atoms with E-state index in [1.54, 1.807) is 0 Å². The van der Waals surface area contributed by atoms with Gasteiger partial charge in [-0.15, -0.1) is 11.6 Å². The van der Waals surface area contributed by atoms with Crippen LogP contribution in [-0.4, -0.2) is 23.4 Å². The van der Waals surface area contributed by atoms with Crippen LogP contribution in [0.25, 0.3) is 0 Å². The lowest BCUT2D eigenvalue weighted by molar-refractivity contribution is 0.157. The van der Waals surface area contributed by atoms with Crippen LogP contribution in [0.5, 0.6) is 0 Å². The molecule has 2 rings (SSSR count). The normalized spacial score (nSPS) is 17.3. The molecule has 1 aromatic carbocycles. The Morgan fingerprint density at radius 1 is 1.22 bits per heavy atom. The number of benzene rings is 1. The molecule has 1 aliphatic rings. The van der Waals surface area contributed by atoms with Gasteiger partial charge in [0.1, 0.15) is 0 Å². The first-order valence-corrected chi connectivity index (χ1v) is 7.68. The molecule has 0 bridgehead atoms. The standard InChI is InChI=1S/C16H24ClN/c1-14-6-5-7-15(12-14)13-18(11-10-17)16-8-3-2-4-9-16/h5-7,12,16H,2-4,8-11,13H2,1H3. The highest BCUT2D eigenvalue weighted by atomic mass is 35.5. The molecule has 18 heavy (non-hydrogen) atoms. The highest BCUT2D eigenvalue weighted by Crippen LogP contribution is 2.24. The van der Waals surface area contributed by atoms with Gasteiger partial charge < -0.3 is 0 Å². The number of aryl methyl sites for hydroxylation is 1. The largest absolute Gasteiger partial charge is 0.295 e. The van der Waals surface area contributed by atoms with Crippen LogP contribution in [0.3, 0.4) is 0 Å². The van der Waals surface area contributed by atoms with Crippen molar-refractivity contribution >= 4 is 11.6 Å². The van der Waals surface area contributed by atoms with E-state index in [9.17, 15) is 0 Å². The maximum absolute atomic E-state index is 5.97. The molecular weight excluding hydrogens is 242 g/mol. The number of hydrogen-bond donors (Lipinski definition) is 0. The van der Waals surface area contributed by atoms with Gasteiger partial charge in [0.2, 0.25) is 0 Å². The summed E-state index contributed by atoms with van der Waals surface area (Å²) in [6.45, 7) is 4.23. The van der Waals surface area contributed by atoms with Gasteiger partial charge in [-0.05, 0) is 25.3 Å². The third-order valence-corrected chi connectivity index (χ3v) is 4.10. The topological polar surface area (TPSA) is 3.24 Å². The molecule has 1 fully saturated rings. The van der Waals surface area contributed by atoms with Crippen LogP contribution in [0.4, 0.5) is 0 Å². The first-order valence-electron chi connectivity index (χ1n) is 7.15. The Labute approximate surface area is 116 Å². The summed E-state index contributed by atoms with van der Waals surface area (Å²) in [5, 5.41) is 0. The first kappa shape index (κ1) is 13.9. The average Bonchev–Trinajstić information content (AvgIpc) is 2.39. The number of hydrogen-bond acceptors (Lipinski definition) is 1. The van der Waals surface area contributed by atoms with E-state index in [4.69, 9.17) is 11.6 Å². The van der Waals surface area contributed by atoms with Crippen LogP contribution in [0, 0.1) is 6.92 Å². The fourth-order valence-electron chi connectivity index (χ4n) is 2.99. The predicted octanol–water partition coefficient (Wildman–Crippen LogP) is 4.37. The Kier molecular flexibility index (Phi) is 5.52. The number of halogens is 1. The van der Waals surface area contributed by atoms with Gasteiger partial charge in [0.25, 0.3) is 0 Å². The average molecular weight is 266 g/mol. The van der Waals surface area contributed by atoms with Crippen LogP contribution in [-0.2, 0) is 6.54 Å².